The fraction of sp³-hybridized carbons (Fsp3) is 0.737. The highest BCUT2D eigenvalue weighted by Gasteiger charge is 2.41. The Bertz CT molecular complexity index is 1740. The molecule has 0 spiro atoms. The molecule has 2 rings (SSSR count). The smallest absolute Gasteiger partial charge is 0.326 e. The first kappa shape index (κ1) is 58.2. The summed E-state index contributed by atoms with van der Waals surface area (Å²) in [6.45, 7) is -0.900. The number of carbonyl (C=O) groups excluding carboxylic acids is 9. The Balaban J connectivity index is 2.34. The number of carboxylic acids is 1. The molecule has 2 saturated heterocycles. The minimum absolute atomic E-state index is 0.00329. The van der Waals surface area contributed by atoms with E-state index in [-0.39, 0.29) is 43.2 Å². The van der Waals surface area contributed by atoms with Crippen LogP contribution in [0.3, 0.4) is 0 Å². The van der Waals surface area contributed by atoms with Gasteiger partial charge in [-0.05, 0) is 51.0 Å². The van der Waals surface area contributed by atoms with Gasteiger partial charge in [0.15, 0.2) is 0 Å². The van der Waals surface area contributed by atoms with Crippen LogP contribution >= 0.6 is 21.6 Å². The van der Waals surface area contributed by atoms with Crippen molar-refractivity contribution >= 4 is 80.7 Å². The van der Waals surface area contributed by atoms with Crippen molar-refractivity contribution in [1.82, 2.24) is 47.4 Å². The summed E-state index contributed by atoms with van der Waals surface area (Å²) in [5, 5.41) is 77.1. The van der Waals surface area contributed by atoms with Gasteiger partial charge in [-0.1, -0.05) is 35.4 Å². The molecule has 2 aliphatic heterocycles. The quantitative estimate of drug-likeness (QED) is 0.0334. The molecule has 2 aliphatic rings. The number of carboxylic acid groups (broad SMARTS) is 1. The van der Waals surface area contributed by atoms with E-state index in [2.05, 4.69) is 42.5 Å². The van der Waals surface area contributed by atoms with E-state index in [9.17, 15) is 73.5 Å². The van der Waals surface area contributed by atoms with Gasteiger partial charge in [0.1, 0.15) is 60.4 Å². The monoisotopic (exact) mass is 995 g/mol. The second kappa shape index (κ2) is 29.8. The molecule has 0 saturated carbocycles. The van der Waals surface area contributed by atoms with Crippen LogP contribution in [0.15, 0.2) is 0 Å². The molecule has 0 aliphatic carbocycles. The molecule has 9 amide bonds. The van der Waals surface area contributed by atoms with Crippen molar-refractivity contribution in [3.63, 3.8) is 0 Å². The van der Waals surface area contributed by atoms with E-state index in [1.807, 2.05) is 0 Å². The maximum atomic E-state index is 14.3. The third-order valence-corrected chi connectivity index (χ3v) is 12.8. The molecule has 27 nitrogen and oxygen atoms in total. The van der Waals surface area contributed by atoms with Gasteiger partial charge in [-0.25, -0.2) is 4.79 Å². The fourth-order valence-corrected chi connectivity index (χ4v) is 8.91. The number of nitrogens with zero attached hydrogens (tertiary/aromatic N) is 1. The van der Waals surface area contributed by atoms with Crippen LogP contribution in [0.4, 0.5) is 0 Å². The molecule has 10 atom stereocenters. The normalized spacial score (nSPS) is 22.9. The Morgan fingerprint density at radius 1 is 0.716 bits per heavy atom. The largest absolute Gasteiger partial charge is 0.480 e. The van der Waals surface area contributed by atoms with Crippen LogP contribution in [0.5, 0.6) is 0 Å². The molecule has 0 aromatic carbocycles. The van der Waals surface area contributed by atoms with Crippen molar-refractivity contribution in [2.75, 3.05) is 57.6 Å². The van der Waals surface area contributed by atoms with E-state index in [4.69, 9.17) is 16.6 Å². The lowest BCUT2D eigenvalue weighted by atomic mass is 10.0. The van der Waals surface area contributed by atoms with Crippen LogP contribution in [-0.2, 0) is 47.9 Å². The zero-order valence-corrected chi connectivity index (χ0v) is 38.8. The van der Waals surface area contributed by atoms with Gasteiger partial charge in [-0.3, -0.25) is 43.2 Å². The van der Waals surface area contributed by atoms with E-state index in [1.165, 1.54) is 0 Å². The van der Waals surface area contributed by atoms with Crippen molar-refractivity contribution in [2.45, 2.75) is 113 Å². The minimum atomic E-state index is -1.74. The summed E-state index contributed by atoms with van der Waals surface area (Å²) >= 11 is 0. The predicted molar refractivity (Wildman–Crippen MR) is 238 cm³/mol. The first-order valence-electron chi connectivity index (χ1n) is 21.5. The molecular formula is C38H65N11O16S2. The summed E-state index contributed by atoms with van der Waals surface area (Å²) in [5.74, 6) is -10.9. The van der Waals surface area contributed by atoms with E-state index in [0.29, 0.717) is 25.8 Å². The van der Waals surface area contributed by atoms with Gasteiger partial charge in [0.2, 0.25) is 53.2 Å². The van der Waals surface area contributed by atoms with E-state index in [0.717, 1.165) is 26.5 Å². The number of amides is 9. The summed E-state index contributed by atoms with van der Waals surface area (Å²) in [4.78, 5) is 133. The number of nitrogens with two attached hydrogens (primary N) is 2. The predicted octanol–water partition coefficient (Wildman–Crippen LogP) is -8.20. The highest BCUT2D eigenvalue weighted by Crippen LogP contribution is 2.26. The topological polar surface area (TPSA) is 444 Å². The molecule has 2 fully saturated rings. The molecule has 29 heteroatoms. The maximum absolute atomic E-state index is 14.3. The second-order valence-corrected chi connectivity index (χ2v) is 18.6. The molecular weight excluding hydrogens is 931 g/mol. The zero-order valence-electron chi connectivity index (χ0n) is 37.1. The molecule has 0 unspecified atom stereocenters. The van der Waals surface area contributed by atoms with Gasteiger partial charge in [0.25, 0.3) is 0 Å². The lowest BCUT2D eigenvalue weighted by Gasteiger charge is -2.31. The van der Waals surface area contributed by atoms with Gasteiger partial charge in [0.05, 0.1) is 33.0 Å². The Hall–Kier alpha value is -4.88. The summed E-state index contributed by atoms with van der Waals surface area (Å²) in [6, 6.07) is -15.0. The number of likely N-dealkylation sites (tertiary alicyclic amines) is 1. The summed E-state index contributed by atoms with van der Waals surface area (Å²) in [6.07, 6.45) is 1.35. The molecule has 2 heterocycles. The summed E-state index contributed by atoms with van der Waals surface area (Å²) in [7, 11) is 1.82. The Kier molecular flexibility index (Phi) is 25.9. The third-order valence-electron chi connectivity index (χ3n) is 10.3. The van der Waals surface area contributed by atoms with Crippen molar-refractivity contribution in [3.8, 4) is 0 Å². The molecule has 18 N–H and O–H groups in total. The van der Waals surface area contributed by atoms with Gasteiger partial charge < -0.3 is 89.5 Å². The minimum Gasteiger partial charge on any atom is -0.480 e. The molecule has 0 bridgehead atoms. The van der Waals surface area contributed by atoms with Gasteiger partial charge in [-0.15, -0.1) is 0 Å². The Morgan fingerprint density at radius 3 is 1.84 bits per heavy atom. The average molecular weight is 996 g/mol. The first-order chi connectivity index (χ1) is 31.8. The SMILES string of the molecule is CC(C)C[C@H](NC(=O)[C@@H]1CCCN1C(=O)[C@@H]1CSSC[C@H](NC(=O)[C@H](CO)NC(=O)[C@@H](N)CO)C(=O)N[C@@H](CO)C(=O)N[C@@H](CO)C(=O)N1)C(=O)N[C@@H](CO)C(=O)N[C@@H](CCCCN)C(=O)O. The Labute approximate surface area is 393 Å². The number of hydrogen-bond acceptors (Lipinski definition) is 19. The molecule has 0 aromatic rings. The lowest BCUT2D eigenvalue weighted by Crippen LogP contribution is -2.62. The number of aliphatic hydroxyl groups is 5. The van der Waals surface area contributed by atoms with Crippen molar-refractivity contribution in [1.29, 1.82) is 0 Å². The van der Waals surface area contributed by atoms with Crippen molar-refractivity contribution in [3.05, 3.63) is 0 Å². The van der Waals surface area contributed by atoms with Crippen LogP contribution in [0.25, 0.3) is 0 Å². The highest BCUT2D eigenvalue weighted by molar-refractivity contribution is 8.76. The van der Waals surface area contributed by atoms with Gasteiger partial charge in [-0.2, -0.15) is 0 Å². The Morgan fingerprint density at radius 2 is 1.27 bits per heavy atom. The van der Waals surface area contributed by atoms with Crippen LogP contribution in [0.2, 0.25) is 0 Å². The number of hydrogen-bond donors (Lipinski definition) is 16. The summed E-state index contributed by atoms with van der Waals surface area (Å²) in [5.41, 5.74) is 10.9. The van der Waals surface area contributed by atoms with Crippen molar-refractivity contribution < 1.29 is 78.6 Å². The number of rotatable bonds is 23. The first-order valence-corrected chi connectivity index (χ1v) is 24.0. The van der Waals surface area contributed by atoms with Crippen molar-refractivity contribution in [2.24, 2.45) is 17.4 Å². The molecule has 380 valence electrons. The number of aliphatic hydroxyl groups excluding tert-OH is 5. The molecule has 67 heavy (non-hydrogen) atoms. The molecule has 0 radical (unpaired) electrons. The number of unbranched alkanes of at least 4 members (excludes halogenated alkanes) is 1. The second-order valence-electron chi connectivity index (χ2n) is 16.0. The molecule has 0 aromatic heterocycles. The number of aliphatic carboxylic acids is 1. The van der Waals surface area contributed by atoms with Crippen LogP contribution < -0.4 is 54.0 Å². The van der Waals surface area contributed by atoms with Crippen LogP contribution in [0.1, 0.15) is 52.4 Å². The average Bonchev–Trinajstić information content (AvgIpc) is 3.79. The standard InChI is InChI=1S/C38H65N11O16S2/c1-18(2)10-21(30(56)44-23(13-52)31(57)41-20(38(64)65)6-3-4-8-39)42-36(62)28-7-5-9-49(28)37(63)27-17-67-66-16-26(47-33(59)22(12-51)43-29(55)19(40)11-50)35(61)46-24(14-53)32(58)45-25(15-54)34(60)48-27/h18-28,50-54H,3-17,39-40H2,1-2H3,(H,41,57)(H,42,62)(H,43,55)(H,44,56)(H,45,58)(H,46,61)(H,47,59)(H,48,60)(H,64,65)/t19-,20-,21-,22-,23-,24-,25-,26-,27-,28-/m0/s1. The number of carbonyl (C=O) groups is 10. The van der Waals surface area contributed by atoms with Crippen LogP contribution in [0, 0.1) is 5.92 Å². The van der Waals surface area contributed by atoms with E-state index >= 15 is 0 Å². The van der Waals surface area contributed by atoms with E-state index < -0.39 is 153 Å². The number of nitrogens with one attached hydrogen (secondary N) is 8. The van der Waals surface area contributed by atoms with Gasteiger partial charge >= 0.3 is 5.97 Å². The fourth-order valence-electron chi connectivity index (χ4n) is 6.59. The highest BCUT2D eigenvalue weighted by atomic mass is 33.1. The summed E-state index contributed by atoms with van der Waals surface area (Å²) < 4.78 is 0. The van der Waals surface area contributed by atoms with Crippen LogP contribution in [-0.4, -0.2) is 213 Å². The zero-order chi connectivity index (χ0) is 50.4. The lowest BCUT2D eigenvalue weighted by molar-refractivity contribution is -0.143. The maximum Gasteiger partial charge on any atom is 0.326 e. The third kappa shape index (κ3) is 18.6. The van der Waals surface area contributed by atoms with E-state index in [1.54, 1.807) is 13.8 Å². The van der Waals surface area contributed by atoms with Gasteiger partial charge in [0, 0.05) is 18.1 Å².